The topological polar surface area (TPSA) is 45.0 Å². The number of hydrogen-bond donors (Lipinski definition) is 0. The molecule has 5 aromatic heterocycles. The maximum atomic E-state index is 4.77. The van der Waals surface area contributed by atoms with E-state index in [2.05, 4.69) is 176 Å². The van der Waals surface area contributed by atoms with E-state index in [9.17, 15) is 0 Å². The molecule has 5 heterocycles. The second-order valence-electron chi connectivity index (χ2n) is 14.0. The molecule has 54 heavy (non-hydrogen) atoms. The molecule has 12 aromatic rings. The minimum Gasteiger partial charge on any atom is -0.309 e. The highest BCUT2D eigenvalue weighted by atomic mass is 15.1. The Morgan fingerprint density at radius 1 is 0.370 bits per heavy atom. The fourth-order valence-corrected chi connectivity index (χ4v) is 8.71. The van der Waals surface area contributed by atoms with Gasteiger partial charge in [-0.3, -0.25) is 4.40 Å². The first kappa shape index (κ1) is 29.2. The van der Waals surface area contributed by atoms with Gasteiger partial charge in [0.2, 0.25) is 5.78 Å². The van der Waals surface area contributed by atoms with Gasteiger partial charge >= 0.3 is 0 Å². The van der Waals surface area contributed by atoms with Gasteiger partial charge in [0, 0.05) is 73.5 Å². The third kappa shape index (κ3) is 4.10. The van der Waals surface area contributed by atoms with E-state index in [0.717, 1.165) is 39.4 Å². The summed E-state index contributed by atoms with van der Waals surface area (Å²) >= 11 is 0. The van der Waals surface area contributed by atoms with Crippen molar-refractivity contribution in [2.24, 2.45) is 0 Å². The molecule has 252 valence electrons. The van der Waals surface area contributed by atoms with Crippen molar-refractivity contribution < 1.29 is 0 Å². The number of para-hydroxylation sites is 4. The second-order valence-corrected chi connectivity index (χ2v) is 14.0. The lowest BCUT2D eigenvalue weighted by Crippen LogP contribution is -1.96. The van der Waals surface area contributed by atoms with Crippen LogP contribution in [0.15, 0.2) is 182 Å². The maximum Gasteiger partial charge on any atom is 0.234 e. The van der Waals surface area contributed by atoms with Crippen LogP contribution in [-0.4, -0.2) is 28.1 Å². The summed E-state index contributed by atoms with van der Waals surface area (Å²) < 4.78 is 9.16. The number of hydrogen-bond acceptors (Lipinski definition) is 2. The number of fused-ring (bicyclic) bond motifs is 10. The molecule has 12 rings (SSSR count). The van der Waals surface area contributed by atoms with Crippen molar-refractivity contribution in [2.75, 3.05) is 0 Å². The molecule has 0 aliphatic rings. The van der Waals surface area contributed by atoms with Gasteiger partial charge in [-0.15, -0.1) is 0 Å². The average molecular weight is 691 g/mol. The molecule has 0 amide bonds. The van der Waals surface area contributed by atoms with Crippen LogP contribution in [0, 0.1) is 0 Å². The van der Waals surface area contributed by atoms with Gasteiger partial charge in [0.1, 0.15) is 0 Å². The van der Waals surface area contributed by atoms with Crippen LogP contribution in [0.25, 0.3) is 99.5 Å². The van der Waals surface area contributed by atoms with E-state index in [1.165, 1.54) is 54.4 Å². The summed E-state index contributed by atoms with van der Waals surface area (Å²) in [6.07, 6.45) is 5.79. The van der Waals surface area contributed by atoms with Crippen molar-refractivity contribution in [3.8, 4) is 28.3 Å². The molecule has 0 aliphatic carbocycles. The van der Waals surface area contributed by atoms with E-state index in [1.807, 2.05) is 22.9 Å². The summed E-state index contributed by atoms with van der Waals surface area (Å²) in [5, 5.41) is 7.41. The Morgan fingerprint density at radius 3 is 1.28 bits per heavy atom. The van der Waals surface area contributed by atoms with Gasteiger partial charge in [-0.2, -0.15) is 0 Å². The van der Waals surface area contributed by atoms with Crippen LogP contribution in [0.5, 0.6) is 0 Å². The van der Waals surface area contributed by atoms with E-state index >= 15 is 0 Å². The molecule has 6 heteroatoms. The summed E-state index contributed by atoms with van der Waals surface area (Å²) in [6.45, 7) is 0. The Balaban J connectivity index is 1.11. The van der Waals surface area contributed by atoms with Crippen molar-refractivity contribution in [3.05, 3.63) is 182 Å². The SMILES string of the molecule is c1ccc2c(c1)c1ccccc1n2-c1ccc2c(c1)c1cc(-n3c4ccccc4c4ccccc43)ccc1n2-c1ccc(-c2cn3cccnc3n2)cc1. The van der Waals surface area contributed by atoms with Crippen LogP contribution < -0.4 is 0 Å². The summed E-state index contributed by atoms with van der Waals surface area (Å²) in [7, 11) is 0. The minimum absolute atomic E-state index is 0.692. The maximum absolute atomic E-state index is 4.77. The molecular weight excluding hydrogens is 661 g/mol. The molecule has 0 atom stereocenters. The first-order valence-corrected chi connectivity index (χ1v) is 18.2. The molecule has 6 nitrogen and oxygen atoms in total. The van der Waals surface area contributed by atoms with E-state index in [1.54, 1.807) is 6.20 Å². The zero-order chi connectivity index (χ0) is 35.3. The van der Waals surface area contributed by atoms with Crippen LogP contribution >= 0.6 is 0 Å². The normalized spacial score (nSPS) is 12.1. The molecule has 7 aromatic carbocycles. The predicted molar refractivity (Wildman–Crippen MR) is 221 cm³/mol. The monoisotopic (exact) mass is 690 g/mol. The lowest BCUT2D eigenvalue weighted by atomic mass is 10.1. The molecule has 0 saturated carbocycles. The molecule has 0 fully saturated rings. The smallest absolute Gasteiger partial charge is 0.234 e. The van der Waals surface area contributed by atoms with Gasteiger partial charge < -0.3 is 13.7 Å². The number of nitrogens with zero attached hydrogens (tertiary/aromatic N) is 6. The van der Waals surface area contributed by atoms with Crippen LogP contribution in [0.3, 0.4) is 0 Å². The Morgan fingerprint density at radius 2 is 0.796 bits per heavy atom. The van der Waals surface area contributed by atoms with Crippen LogP contribution in [0.1, 0.15) is 0 Å². The lowest BCUT2D eigenvalue weighted by Gasteiger charge is -2.11. The molecule has 0 N–H and O–H groups in total. The second kappa shape index (κ2) is 11.0. The van der Waals surface area contributed by atoms with Gasteiger partial charge in [0.25, 0.3) is 0 Å². The molecular formula is C48H30N6. The summed E-state index contributed by atoms with van der Waals surface area (Å²) in [5.41, 5.74) is 12.4. The van der Waals surface area contributed by atoms with Crippen molar-refractivity contribution >= 4 is 71.2 Å². The van der Waals surface area contributed by atoms with Crippen molar-refractivity contribution in [1.82, 2.24) is 28.1 Å². The summed E-state index contributed by atoms with van der Waals surface area (Å²) in [5.74, 6) is 0.692. The fraction of sp³-hybridized carbons (Fsp3) is 0. The number of imidazole rings is 1. The number of aromatic nitrogens is 6. The Labute approximate surface area is 309 Å². The number of rotatable bonds is 4. The highest BCUT2D eigenvalue weighted by Gasteiger charge is 2.19. The van der Waals surface area contributed by atoms with Crippen LogP contribution in [-0.2, 0) is 0 Å². The highest BCUT2D eigenvalue weighted by Crippen LogP contribution is 2.39. The van der Waals surface area contributed by atoms with Gasteiger partial charge in [0.05, 0.1) is 38.8 Å². The molecule has 0 bridgehead atoms. The average Bonchev–Trinajstić information content (AvgIpc) is 3.99. The minimum atomic E-state index is 0.692. The molecule has 0 unspecified atom stereocenters. The van der Waals surface area contributed by atoms with E-state index < -0.39 is 0 Å². The number of benzene rings is 7. The van der Waals surface area contributed by atoms with Crippen molar-refractivity contribution in [3.63, 3.8) is 0 Å². The first-order chi connectivity index (χ1) is 26.8. The summed E-state index contributed by atoms with van der Waals surface area (Å²) in [4.78, 5) is 9.19. The predicted octanol–water partition coefficient (Wildman–Crippen LogP) is 11.7. The third-order valence-electron chi connectivity index (χ3n) is 11.1. The molecule has 0 spiro atoms. The van der Waals surface area contributed by atoms with Gasteiger partial charge in [-0.05, 0) is 78.9 Å². The molecule has 0 aliphatic heterocycles. The Kier molecular flexibility index (Phi) is 5.96. The van der Waals surface area contributed by atoms with E-state index in [-0.39, 0.29) is 0 Å². The zero-order valence-electron chi connectivity index (χ0n) is 29.0. The Hall–Kier alpha value is -7.44. The Bertz CT molecular complexity index is 3140. The van der Waals surface area contributed by atoms with Gasteiger partial charge in [-0.25, -0.2) is 9.97 Å². The molecule has 0 saturated heterocycles. The molecule has 0 radical (unpaired) electrons. The van der Waals surface area contributed by atoms with Crippen LogP contribution in [0.4, 0.5) is 0 Å². The summed E-state index contributed by atoms with van der Waals surface area (Å²) in [6, 6.07) is 59.3. The quantitative estimate of drug-likeness (QED) is 0.184. The van der Waals surface area contributed by atoms with E-state index in [4.69, 9.17) is 4.98 Å². The fourth-order valence-electron chi connectivity index (χ4n) is 8.71. The third-order valence-corrected chi connectivity index (χ3v) is 11.1. The van der Waals surface area contributed by atoms with E-state index in [0.29, 0.717) is 5.78 Å². The van der Waals surface area contributed by atoms with Crippen molar-refractivity contribution in [2.45, 2.75) is 0 Å². The van der Waals surface area contributed by atoms with Crippen LogP contribution in [0.2, 0.25) is 0 Å². The lowest BCUT2D eigenvalue weighted by molar-refractivity contribution is 1.11. The zero-order valence-corrected chi connectivity index (χ0v) is 29.0. The largest absolute Gasteiger partial charge is 0.309 e. The highest BCUT2D eigenvalue weighted by molar-refractivity contribution is 6.14. The van der Waals surface area contributed by atoms with Crippen molar-refractivity contribution in [1.29, 1.82) is 0 Å². The standard InChI is InChI=1S/C48H30N6/c1-5-14-42-35(10-1)36-11-2-6-15-43(36)53(42)33-22-24-46-39(28-33)40-29-34(54-44-16-7-3-12-37(44)38-13-4-8-17-45(38)54)23-25-47(40)52(46)32-20-18-31(19-21-32)41-30-51-27-9-26-49-48(51)50-41/h1-30H. The van der Waals surface area contributed by atoms with Gasteiger partial charge in [0.15, 0.2) is 0 Å². The first-order valence-electron chi connectivity index (χ1n) is 18.2. The van der Waals surface area contributed by atoms with Gasteiger partial charge in [-0.1, -0.05) is 84.9 Å².